The van der Waals surface area contributed by atoms with Crippen LogP contribution in [0.2, 0.25) is 0 Å². The summed E-state index contributed by atoms with van der Waals surface area (Å²) in [5.41, 5.74) is 0.131. The third-order valence-corrected chi connectivity index (χ3v) is 2.45. The Morgan fingerprint density at radius 1 is 1.67 bits per heavy atom. The number of nitrogens with zero attached hydrogens (tertiary/aromatic N) is 2. The molecule has 0 saturated carbocycles. The maximum atomic E-state index is 13.0. The molecule has 2 rings (SSSR count). The maximum absolute atomic E-state index is 13.0. The zero-order valence-corrected chi connectivity index (χ0v) is 8.06. The van der Waals surface area contributed by atoms with Crippen LogP contribution in [0.25, 0.3) is 0 Å². The van der Waals surface area contributed by atoms with Gasteiger partial charge in [0, 0.05) is 12.7 Å². The molecule has 1 saturated heterocycles. The number of aromatic nitrogens is 1. The molecule has 0 bridgehead atoms. The van der Waals surface area contributed by atoms with Crippen molar-refractivity contribution in [2.45, 2.75) is 12.6 Å². The van der Waals surface area contributed by atoms with Gasteiger partial charge in [-0.25, -0.2) is 14.2 Å². The van der Waals surface area contributed by atoms with Crippen LogP contribution in [0.15, 0.2) is 18.3 Å². The highest BCUT2D eigenvalue weighted by Crippen LogP contribution is 2.23. The van der Waals surface area contributed by atoms with Crippen LogP contribution in [0.5, 0.6) is 0 Å². The first-order valence-electron chi connectivity index (χ1n) is 4.76. The van der Waals surface area contributed by atoms with E-state index >= 15 is 0 Å². The van der Waals surface area contributed by atoms with Crippen LogP contribution >= 0.6 is 0 Å². The third-order valence-electron chi connectivity index (χ3n) is 2.45. The number of anilines is 1. The first-order chi connectivity index (χ1) is 7.18. The average Bonchev–Trinajstić information content (AvgIpc) is 2.65. The lowest BCUT2D eigenvalue weighted by atomic mass is 10.2. The Kier molecular flexibility index (Phi) is 2.53. The number of hydrogen-bond donors (Lipinski definition) is 1. The zero-order chi connectivity index (χ0) is 10.8. The quantitative estimate of drug-likeness (QED) is 0.800. The van der Waals surface area contributed by atoms with Gasteiger partial charge in [-0.3, -0.25) is 0 Å². The Morgan fingerprint density at radius 2 is 2.47 bits per heavy atom. The van der Waals surface area contributed by atoms with Crippen LogP contribution < -0.4 is 4.90 Å². The highest BCUT2D eigenvalue weighted by molar-refractivity contribution is 5.93. The Hall–Kier alpha value is -1.65. The number of alkyl halides is 1. The number of hydrogen-bond acceptors (Lipinski definition) is 3. The van der Waals surface area contributed by atoms with E-state index in [1.807, 2.05) is 0 Å². The van der Waals surface area contributed by atoms with E-state index in [1.165, 1.54) is 12.3 Å². The summed E-state index contributed by atoms with van der Waals surface area (Å²) in [6.07, 6.45) is 1.08. The van der Waals surface area contributed by atoms with Crippen molar-refractivity contribution in [3.63, 3.8) is 0 Å². The lowest BCUT2D eigenvalue weighted by molar-refractivity contribution is 0.0697. The van der Waals surface area contributed by atoms with Crippen LogP contribution in [0.1, 0.15) is 16.8 Å². The molecule has 15 heavy (non-hydrogen) atoms. The third kappa shape index (κ3) is 1.91. The molecule has 1 aliphatic heterocycles. The number of pyridine rings is 1. The van der Waals surface area contributed by atoms with E-state index in [4.69, 9.17) is 5.11 Å². The summed E-state index contributed by atoms with van der Waals surface area (Å²) in [5.74, 6) is -0.662. The first kappa shape index (κ1) is 9.89. The normalized spacial score (nSPS) is 20.6. The van der Waals surface area contributed by atoms with Crippen LogP contribution in [-0.2, 0) is 0 Å². The van der Waals surface area contributed by atoms with Crippen molar-refractivity contribution in [2.75, 3.05) is 18.0 Å². The minimum atomic E-state index is -1.03. The molecule has 0 aliphatic carbocycles. The molecule has 1 aromatic rings. The number of carboxylic acid groups (broad SMARTS) is 1. The van der Waals surface area contributed by atoms with E-state index in [1.54, 1.807) is 11.0 Å². The van der Waals surface area contributed by atoms with Gasteiger partial charge in [-0.05, 0) is 18.6 Å². The molecule has 0 radical (unpaired) electrons. The summed E-state index contributed by atoms with van der Waals surface area (Å²) in [7, 11) is 0. The fraction of sp³-hybridized carbons (Fsp3) is 0.400. The van der Waals surface area contributed by atoms with Gasteiger partial charge in [0.25, 0.3) is 0 Å². The van der Waals surface area contributed by atoms with E-state index in [2.05, 4.69) is 4.98 Å². The first-order valence-corrected chi connectivity index (χ1v) is 4.76. The Labute approximate surface area is 86.4 Å². The van der Waals surface area contributed by atoms with E-state index in [9.17, 15) is 9.18 Å². The summed E-state index contributed by atoms with van der Waals surface area (Å²) in [5, 5.41) is 8.93. The minimum Gasteiger partial charge on any atom is -0.478 e. The highest BCUT2D eigenvalue weighted by Gasteiger charge is 2.25. The summed E-state index contributed by atoms with van der Waals surface area (Å²) < 4.78 is 13.0. The van der Waals surface area contributed by atoms with Crippen molar-refractivity contribution in [2.24, 2.45) is 0 Å². The largest absolute Gasteiger partial charge is 0.478 e. The Balaban J connectivity index is 2.31. The second-order valence-corrected chi connectivity index (χ2v) is 3.51. The van der Waals surface area contributed by atoms with Crippen molar-refractivity contribution in [1.82, 2.24) is 4.98 Å². The molecule has 0 unspecified atom stereocenters. The number of carbonyl (C=O) groups is 1. The molecule has 1 atom stereocenters. The van der Waals surface area contributed by atoms with Gasteiger partial charge in [-0.15, -0.1) is 0 Å². The Bertz CT molecular complexity index is 383. The molecule has 1 aromatic heterocycles. The SMILES string of the molecule is O=C(O)c1cccnc1N1CC[C@H](F)C1. The smallest absolute Gasteiger partial charge is 0.339 e. The molecular weight excluding hydrogens is 199 g/mol. The lowest BCUT2D eigenvalue weighted by Gasteiger charge is -2.17. The fourth-order valence-corrected chi connectivity index (χ4v) is 1.73. The van der Waals surface area contributed by atoms with Crippen molar-refractivity contribution >= 4 is 11.8 Å². The van der Waals surface area contributed by atoms with E-state index in [0.29, 0.717) is 18.8 Å². The van der Waals surface area contributed by atoms with Gasteiger partial charge in [0.05, 0.1) is 6.54 Å². The van der Waals surface area contributed by atoms with Crippen molar-refractivity contribution < 1.29 is 14.3 Å². The van der Waals surface area contributed by atoms with E-state index in [-0.39, 0.29) is 12.1 Å². The molecule has 1 aliphatic rings. The summed E-state index contributed by atoms with van der Waals surface area (Å²) >= 11 is 0. The second-order valence-electron chi connectivity index (χ2n) is 3.51. The number of carboxylic acids is 1. The van der Waals surface area contributed by atoms with Gasteiger partial charge in [0.2, 0.25) is 0 Å². The fourth-order valence-electron chi connectivity index (χ4n) is 1.73. The predicted octanol–water partition coefficient (Wildman–Crippen LogP) is 1.33. The van der Waals surface area contributed by atoms with Gasteiger partial charge in [-0.2, -0.15) is 0 Å². The van der Waals surface area contributed by atoms with Crippen molar-refractivity contribution in [3.05, 3.63) is 23.9 Å². The van der Waals surface area contributed by atoms with Crippen molar-refractivity contribution in [3.8, 4) is 0 Å². The van der Waals surface area contributed by atoms with Crippen molar-refractivity contribution in [1.29, 1.82) is 0 Å². The highest BCUT2D eigenvalue weighted by atomic mass is 19.1. The zero-order valence-electron chi connectivity index (χ0n) is 8.06. The number of rotatable bonds is 2. The summed E-state index contributed by atoms with van der Waals surface area (Å²) in [4.78, 5) is 16.6. The summed E-state index contributed by atoms with van der Waals surface area (Å²) in [6.45, 7) is 0.760. The molecule has 1 fully saturated rings. The molecule has 0 spiro atoms. The lowest BCUT2D eigenvalue weighted by Crippen LogP contribution is -2.23. The molecule has 0 aromatic carbocycles. The van der Waals surface area contributed by atoms with Crippen LogP contribution in [-0.4, -0.2) is 35.3 Å². The summed E-state index contributed by atoms with van der Waals surface area (Å²) in [6, 6.07) is 3.05. The van der Waals surface area contributed by atoms with Gasteiger partial charge in [0.15, 0.2) is 0 Å². The van der Waals surface area contributed by atoms with Crippen LogP contribution in [0, 0.1) is 0 Å². The maximum Gasteiger partial charge on any atom is 0.339 e. The van der Waals surface area contributed by atoms with Gasteiger partial charge in [0.1, 0.15) is 17.6 Å². The molecule has 80 valence electrons. The molecular formula is C10H11FN2O2. The minimum absolute atomic E-state index is 0.131. The van der Waals surface area contributed by atoms with Gasteiger partial charge in [-0.1, -0.05) is 0 Å². The molecule has 0 amide bonds. The van der Waals surface area contributed by atoms with Gasteiger partial charge < -0.3 is 10.0 Å². The van der Waals surface area contributed by atoms with E-state index in [0.717, 1.165) is 0 Å². The molecule has 4 nitrogen and oxygen atoms in total. The molecule has 2 heterocycles. The number of aromatic carboxylic acids is 1. The topological polar surface area (TPSA) is 53.4 Å². The standard InChI is InChI=1S/C10H11FN2O2/c11-7-3-5-13(6-7)9-8(10(14)15)2-1-4-12-9/h1-2,4,7H,3,5-6H2,(H,14,15)/t7-/m0/s1. The monoisotopic (exact) mass is 210 g/mol. The molecule has 5 heteroatoms. The van der Waals surface area contributed by atoms with Gasteiger partial charge >= 0.3 is 5.97 Å². The average molecular weight is 210 g/mol. The number of halogens is 1. The molecule has 1 N–H and O–H groups in total. The van der Waals surface area contributed by atoms with E-state index < -0.39 is 12.1 Å². The van der Waals surface area contributed by atoms with Crippen LogP contribution in [0.3, 0.4) is 0 Å². The second kappa shape index (κ2) is 3.84. The Morgan fingerprint density at radius 3 is 3.07 bits per heavy atom. The predicted molar refractivity (Wildman–Crippen MR) is 52.9 cm³/mol. The van der Waals surface area contributed by atoms with Crippen LogP contribution in [0.4, 0.5) is 10.2 Å².